The summed E-state index contributed by atoms with van der Waals surface area (Å²) in [5.41, 5.74) is 2.84. The lowest BCUT2D eigenvalue weighted by molar-refractivity contribution is 0.0527. The Labute approximate surface area is 194 Å². The van der Waals surface area contributed by atoms with Gasteiger partial charge in [-0.3, -0.25) is 9.59 Å². The molecule has 0 bridgehead atoms. The molecule has 0 radical (unpaired) electrons. The van der Waals surface area contributed by atoms with Crippen molar-refractivity contribution in [1.82, 2.24) is 0 Å². The second-order valence-corrected chi connectivity index (χ2v) is 8.55. The second kappa shape index (κ2) is 10.1. The zero-order valence-electron chi connectivity index (χ0n) is 19.3. The number of amides is 2. The molecule has 2 amide bonds. The number of benzene rings is 3. The Morgan fingerprint density at radius 1 is 0.727 bits per heavy atom. The van der Waals surface area contributed by atoms with Gasteiger partial charge in [0.15, 0.2) is 0 Å². The molecule has 6 heteroatoms. The maximum Gasteiger partial charge on any atom is 0.340 e. The summed E-state index contributed by atoms with van der Waals surface area (Å²) in [5.74, 6) is -1.29. The summed E-state index contributed by atoms with van der Waals surface area (Å²) in [6.07, 6.45) is 0. The van der Waals surface area contributed by atoms with Gasteiger partial charge in [-0.1, -0.05) is 57.2 Å². The number of carbonyl (C=O) groups excluding carboxylic acids is 3. The molecule has 6 nitrogen and oxygen atoms in total. The van der Waals surface area contributed by atoms with Crippen LogP contribution in [-0.2, 0) is 10.2 Å². The van der Waals surface area contributed by atoms with Gasteiger partial charge in [0.1, 0.15) is 0 Å². The van der Waals surface area contributed by atoms with E-state index in [-0.39, 0.29) is 29.1 Å². The van der Waals surface area contributed by atoms with Gasteiger partial charge in [0.05, 0.1) is 29.1 Å². The van der Waals surface area contributed by atoms with Gasteiger partial charge in [-0.2, -0.15) is 0 Å². The Bertz CT molecular complexity index is 1160. The molecule has 0 aliphatic carbocycles. The highest BCUT2D eigenvalue weighted by Gasteiger charge is 2.19. The van der Waals surface area contributed by atoms with E-state index in [1.165, 1.54) is 0 Å². The van der Waals surface area contributed by atoms with Crippen molar-refractivity contribution >= 4 is 29.2 Å². The zero-order chi connectivity index (χ0) is 24.0. The SMILES string of the molecule is CCOC(=O)c1ccccc1NC(=O)c1ccccc1NC(=O)c1ccc(C(C)(C)C)cc1. The van der Waals surface area contributed by atoms with E-state index in [0.29, 0.717) is 16.9 Å². The highest BCUT2D eigenvalue weighted by atomic mass is 16.5. The molecule has 0 spiro atoms. The number of carbonyl (C=O) groups is 3. The molecule has 3 rings (SSSR count). The minimum Gasteiger partial charge on any atom is -0.462 e. The molecular weight excluding hydrogens is 416 g/mol. The van der Waals surface area contributed by atoms with Crippen LogP contribution in [0.25, 0.3) is 0 Å². The summed E-state index contributed by atoms with van der Waals surface area (Å²) in [7, 11) is 0. The maximum absolute atomic E-state index is 13.0. The number of hydrogen-bond donors (Lipinski definition) is 2. The van der Waals surface area contributed by atoms with Crippen LogP contribution in [0.2, 0.25) is 0 Å². The summed E-state index contributed by atoms with van der Waals surface area (Å²) in [6, 6.07) is 20.7. The number of para-hydroxylation sites is 2. The normalized spacial score (nSPS) is 10.9. The van der Waals surface area contributed by atoms with Crippen molar-refractivity contribution in [2.75, 3.05) is 17.2 Å². The van der Waals surface area contributed by atoms with Crippen LogP contribution in [0.5, 0.6) is 0 Å². The smallest absolute Gasteiger partial charge is 0.340 e. The Hall–Kier alpha value is -3.93. The van der Waals surface area contributed by atoms with Gasteiger partial charge in [0.25, 0.3) is 11.8 Å². The highest BCUT2D eigenvalue weighted by Crippen LogP contribution is 2.24. The number of esters is 1. The van der Waals surface area contributed by atoms with Crippen molar-refractivity contribution < 1.29 is 19.1 Å². The lowest BCUT2D eigenvalue weighted by atomic mass is 9.86. The quantitative estimate of drug-likeness (QED) is 0.480. The molecule has 0 heterocycles. The van der Waals surface area contributed by atoms with E-state index in [1.54, 1.807) is 67.6 Å². The van der Waals surface area contributed by atoms with Gasteiger partial charge in [-0.25, -0.2) is 4.79 Å². The van der Waals surface area contributed by atoms with Crippen molar-refractivity contribution in [3.8, 4) is 0 Å². The molecule has 2 N–H and O–H groups in total. The van der Waals surface area contributed by atoms with Crippen LogP contribution in [0, 0.1) is 0 Å². The van der Waals surface area contributed by atoms with Crippen LogP contribution in [0.3, 0.4) is 0 Å². The molecule has 0 atom stereocenters. The van der Waals surface area contributed by atoms with E-state index in [4.69, 9.17) is 4.74 Å². The first-order valence-corrected chi connectivity index (χ1v) is 10.8. The van der Waals surface area contributed by atoms with Crippen LogP contribution in [0.1, 0.15) is 64.3 Å². The van der Waals surface area contributed by atoms with Crippen LogP contribution >= 0.6 is 0 Å². The van der Waals surface area contributed by atoms with Crippen LogP contribution in [0.4, 0.5) is 11.4 Å². The van der Waals surface area contributed by atoms with Gasteiger partial charge in [-0.05, 0) is 54.3 Å². The third-order valence-corrected chi connectivity index (χ3v) is 5.10. The Balaban J connectivity index is 1.80. The van der Waals surface area contributed by atoms with Crippen molar-refractivity contribution in [2.45, 2.75) is 33.1 Å². The molecule has 170 valence electrons. The summed E-state index contributed by atoms with van der Waals surface area (Å²) >= 11 is 0. The van der Waals surface area contributed by atoms with Gasteiger partial charge < -0.3 is 15.4 Å². The third kappa shape index (κ3) is 5.86. The van der Waals surface area contributed by atoms with Crippen molar-refractivity contribution in [2.24, 2.45) is 0 Å². The molecule has 0 saturated carbocycles. The summed E-state index contributed by atoms with van der Waals surface area (Å²) < 4.78 is 5.06. The Morgan fingerprint density at radius 2 is 1.24 bits per heavy atom. The van der Waals surface area contributed by atoms with Gasteiger partial charge in [0, 0.05) is 5.56 Å². The number of hydrogen-bond acceptors (Lipinski definition) is 4. The minimum absolute atomic E-state index is 0.0143. The molecule has 0 aliphatic heterocycles. The first-order valence-electron chi connectivity index (χ1n) is 10.8. The van der Waals surface area contributed by atoms with Gasteiger partial charge >= 0.3 is 5.97 Å². The molecule has 0 saturated heterocycles. The van der Waals surface area contributed by atoms with Crippen molar-refractivity contribution in [3.05, 3.63) is 95.1 Å². The average molecular weight is 445 g/mol. The average Bonchev–Trinajstić information content (AvgIpc) is 2.79. The first-order chi connectivity index (χ1) is 15.7. The highest BCUT2D eigenvalue weighted by molar-refractivity contribution is 6.13. The zero-order valence-corrected chi connectivity index (χ0v) is 19.3. The van der Waals surface area contributed by atoms with Crippen LogP contribution in [0.15, 0.2) is 72.8 Å². The topological polar surface area (TPSA) is 84.5 Å². The summed E-state index contributed by atoms with van der Waals surface area (Å²) in [4.78, 5) is 38.1. The van der Waals surface area contributed by atoms with Crippen LogP contribution < -0.4 is 10.6 Å². The molecule has 3 aromatic rings. The van der Waals surface area contributed by atoms with Gasteiger partial charge in [0.2, 0.25) is 0 Å². The molecule has 0 aromatic heterocycles. The largest absolute Gasteiger partial charge is 0.462 e. The van der Waals surface area contributed by atoms with Crippen LogP contribution in [-0.4, -0.2) is 24.4 Å². The minimum atomic E-state index is -0.520. The first kappa shape index (κ1) is 23.7. The predicted octanol–water partition coefficient (Wildman–Crippen LogP) is 5.67. The fraction of sp³-hybridized carbons (Fsp3) is 0.222. The fourth-order valence-electron chi connectivity index (χ4n) is 3.27. The van der Waals surface area contributed by atoms with E-state index >= 15 is 0 Å². The lowest BCUT2D eigenvalue weighted by Crippen LogP contribution is -2.20. The van der Waals surface area contributed by atoms with E-state index in [9.17, 15) is 14.4 Å². The molecule has 3 aromatic carbocycles. The summed E-state index contributed by atoms with van der Waals surface area (Å²) in [5, 5.41) is 5.57. The Morgan fingerprint density at radius 3 is 1.82 bits per heavy atom. The molecule has 0 aliphatic rings. The third-order valence-electron chi connectivity index (χ3n) is 5.10. The molecule has 0 fully saturated rings. The van der Waals surface area contributed by atoms with Crippen molar-refractivity contribution in [3.63, 3.8) is 0 Å². The monoisotopic (exact) mass is 444 g/mol. The maximum atomic E-state index is 13.0. The number of anilines is 2. The standard InChI is InChI=1S/C27H28N2O4/c1-5-33-26(32)21-11-7-9-13-23(21)29-25(31)20-10-6-8-12-22(20)28-24(30)18-14-16-19(17-15-18)27(2,3)4/h6-17H,5H2,1-4H3,(H,28,30)(H,29,31). The second-order valence-electron chi connectivity index (χ2n) is 8.55. The van der Waals surface area contributed by atoms with E-state index < -0.39 is 11.9 Å². The summed E-state index contributed by atoms with van der Waals surface area (Å²) in [6.45, 7) is 8.27. The number of nitrogens with one attached hydrogen (secondary N) is 2. The molecular formula is C27H28N2O4. The van der Waals surface area contributed by atoms with Crippen molar-refractivity contribution in [1.29, 1.82) is 0 Å². The van der Waals surface area contributed by atoms with Gasteiger partial charge in [-0.15, -0.1) is 0 Å². The number of ether oxygens (including phenoxy) is 1. The molecule has 33 heavy (non-hydrogen) atoms. The van der Waals surface area contributed by atoms with E-state index in [2.05, 4.69) is 31.4 Å². The Kier molecular flexibility index (Phi) is 7.28. The molecule has 0 unspecified atom stereocenters. The predicted molar refractivity (Wildman–Crippen MR) is 130 cm³/mol. The van der Waals surface area contributed by atoms with E-state index in [1.807, 2.05) is 12.1 Å². The fourth-order valence-corrected chi connectivity index (χ4v) is 3.27. The lowest BCUT2D eigenvalue weighted by Gasteiger charge is -2.19. The van der Waals surface area contributed by atoms with E-state index in [0.717, 1.165) is 5.56 Å². The number of rotatable bonds is 6.